The number of carbonyl (C=O) groups is 2. The minimum absolute atomic E-state index is 0.302. The summed E-state index contributed by atoms with van der Waals surface area (Å²) in [6.07, 6.45) is 2.83. The molecule has 0 unspecified atom stereocenters. The lowest BCUT2D eigenvalue weighted by Crippen LogP contribution is -2.14. The standard InChI is InChI=1S/C14H16N4O3S/c1-3-21-13(20)11-7(2)15-14(22-11)16-12(19)10-8-5-4-6-9(8)17-18-10/h3-6H2,1-2H3,(H,17,18)(H,15,16,19). The molecule has 0 bridgehead atoms. The molecular formula is C14H16N4O3S. The topological polar surface area (TPSA) is 97.0 Å². The van der Waals surface area contributed by atoms with Gasteiger partial charge in [-0.15, -0.1) is 0 Å². The Kier molecular flexibility index (Phi) is 3.93. The number of H-pyrrole nitrogens is 1. The lowest BCUT2D eigenvalue weighted by Gasteiger charge is -2.00. The molecule has 0 saturated heterocycles. The van der Waals surface area contributed by atoms with Gasteiger partial charge in [-0.1, -0.05) is 11.3 Å². The first-order valence-electron chi connectivity index (χ1n) is 7.12. The highest BCUT2D eigenvalue weighted by atomic mass is 32.1. The first kappa shape index (κ1) is 14.7. The summed E-state index contributed by atoms with van der Waals surface area (Å²) in [5, 5.41) is 10.1. The highest BCUT2D eigenvalue weighted by Gasteiger charge is 2.24. The average molecular weight is 320 g/mol. The van der Waals surface area contributed by atoms with Gasteiger partial charge in [0, 0.05) is 11.3 Å². The van der Waals surface area contributed by atoms with E-state index < -0.39 is 5.97 Å². The Bertz CT molecular complexity index is 735. The molecule has 7 nitrogen and oxygen atoms in total. The van der Waals surface area contributed by atoms with Crippen LogP contribution in [0.1, 0.15) is 50.5 Å². The number of anilines is 1. The molecule has 0 aromatic carbocycles. The van der Waals surface area contributed by atoms with Crippen molar-refractivity contribution in [3.05, 3.63) is 27.5 Å². The van der Waals surface area contributed by atoms with Crippen molar-refractivity contribution in [2.45, 2.75) is 33.1 Å². The fourth-order valence-electron chi connectivity index (χ4n) is 2.50. The molecule has 0 aliphatic heterocycles. The molecule has 1 aliphatic carbocycles. The minimum Gasteiger partial charge on any atom is -0.462 e. The number of amides is 1. The Hall–Kier alpha value is -2.22. The maximum atomic E-state index is 12.3. The maximum absolute atomic E-state index is 12.3. The van der Waals surface area contributed by atoms with E-state index in [0.29, 0.717) is 28.0 Å². The van der Waals surface area contributed by atoms with Crippen molar-refractivity contribution in [3.63, 3.8) is 0 Å². The molecule has 2 aromatic rings. The molecule has 2 heterocycles. The molecule has 1 aliphatic rings. The van der Waals surface area contributed by atoms with Gasteiger partial charge in [0.05, 0.1) is 12.3 Å². The molecule has 22 heavy (non-hydrogen) atoms. The quantitative estimate of drug-likeness (QED) is 0.841. The molecule has 116 valence electrons. The SMILES string of the molecule is CCOC(=O)c1sc(NC(=O)c2n[nH]c3c2CCC3)nc1C. The van der Waals surface area contributed by atoms with Crippen LogP contribution in [0, 0.1) is 6.92 Å². The summed E-state index contributed by atoms with van der Waals surface area (Å²) in [5.74, 6) is -0.720. The van der Waals surface area contributed by atoms with Crippen LogP contribution < -0.4 is 5.32 Å². The Balaban J connectivity index is 1.77. The van der Waals surface area contributed by atoms with Crippen molar-refractivity contribution in [3.8, 4) is 0 Å². The van der Waals surface area contributed by atoms with E-state index in [1.54, 1.807) is 13.8 Å². The van der Waals surface area contributed by atoms with Crippen LogP contribution >= 0.6 is 11.3 Å². The van der Waals surface area contributed by atoms with E-state index in [9.17, 15) is 9.59 Å². The first-order valence-corrected chi connectivity index (χ1v) is 7.93. The normalized spacial score (nSPS) is 13.0. The lowest BCUT2D eigenvalue weighted by molar-refractivity contribution is 0.0531. The van der Waals surface area contributed by atoms with E-state index in [2.05, 4.69) is 20.5 Å². The minimum atomic E-state index is -0.418. The van der Waals surface area contributed by atoms with E-state index >= 15 is 0 Å². The second kappa shape index (κ2) is 5.88. The Morgan fingerprint density at radius 1 is 1.41 bits per heavy atom. The van der Waals surface area contributed by atoms with Gasteiger partial charge in [0.15, 0.2) is 10.8 Å². The molecular weight excluding hydrogens is 304 g/mol. The predicted octanol–water partition coefficient (Wildman–Crippen LogP) is 2.09. The van der Waals surface area contributed by atoms with E-state index in [-0.39, 0.29) is 5.91 Å². The molecule has 0 spiro atoms. The summed E-state index contributed by atoms with van der Waals surface area (Å²) in [6.45, 7) is 3.76. The third kappa shape index (κ3) is 2.61. The van der Waals surface area contributed by atoms with Crippen LogP contribution in [-0.2, 0) is 17.6 Å². The van der Waals surface area contributed by atoms with Crippen LogP contribution in [0.25, 0.3) is 0 Å². The van der Waals surface area contributed by atoms with Crippen LogP contribution in [0.4, 0.5) is 5.13 Å². The summed E-state index contributed by atoms with van der Waals surface area (Å²) < 4.78 is 4.96. The molecule has 8 heteroatoms. The van der Waals surface area contributed by atoms with Gasteiger partial charge in [-0.25, -0.2) is 9.78 Å². The fraction of sp³-hybridized carbons (Fsp3) is 0.429. The highest BCUT2D eigenvalue weighted by Crippen LogP contribution is 2.26. The predicted molar refractivity (Wildman–Crippen MR) is 81.4 cm³/mol. The number of nitrogens with zero attached hydrogens (tertiary/aromatic N) is 2. The number of hydrogen-bond donors (Lipinski definition) is 2. The fourth-order valence-corrected chi connectivity index (χ4v) is 3.35. The van der Waals surface area contributed by atoms with Gasteiger partial charge in [-0.2, -0.15) is 5.10 Å². The summed E-state index contributed by atoms with van der Waals surface area (Å²) in [6, 6.07) is 0. The molecule has 2 aromatic heterocycles. The number of ether oxygens (including phenoxy) is 1. The third-order valence-corrected chi connectivity index (χ3v) is 4.55. The van der Waals surface area contributed by atoms with Gasteiger partial charge in [0.25, 0.3) is 5.91 Å². The van der Waals surface area contributed by atoms with Gasteiger partial charge < -0.3 is 4.74 Å². The second-order valence-electron chi connectivity index (χ2n) is 4.99. The first-order chi connectivity index (χ1) is 10.6. The summed E-state index contributed by atoms with van der Waals surface area (Å²) >= 11 is 1.11. The molecule has 0 radical (unpaired) electrons. The van der Waals surface area contributed by atoms with E-state index in [1.165, 1.54) is 0 Å². The molecule has 0 atom stereocenters. The average Bonchev–Trinajstić information content (AvgIpc) is 3.13. The van der Waals surface area contributed by atoms with Gasteiger partial charge in [0.1, 0.15) is 4.88 Å². The van der Waals surface area contributed by atoms with Gasteiger partial charge in [-0.3, -0.25) is 15.2 Å². The molecule has 0 fully saturated rings. The van der Waals surface area contributed by atoms with Crippen LogP contribution in [-0.4, -0.2) is 33.7 Å². The van der Waals surface area contributed by atoms with Crippen LogP contribution in [0.3, 0.4) is 0 Å². The van der Waals surface area contributed by atoms with Gasteiger partial charge in [0.2, 0.25) is 0 Å². The van der Waals surface area contributed by atoms with E-state index in [0.717, 1.165) is 41.9 Å². The number of esters is 1. The zero-order valence-electron chi connectivity index (χ0n) is 12.4. The van der Waals surface area contributed by atoms with Crippen LogP contribution in [0.5, 0.6) is 0 Å². The number of rotatable bonds is 4. The number of aromatic amines is 1. The summed E-state index contributed by atoms with van der Waals surface area (Å²) in [7, 11) is 0. The second-order valence-corrected chi connectivity index (χ2v) is 5.99. The smallest absolute Gasteiger partial charge is 0.350 e. The van der Waals surface area contributed by atoms with Gasteiger partial charge >= 0.3 is 5.97 Å². The largest absolute Gasteiger partial charge is 0.462 e. The Morgan fingerprint density at radius 2 is 2.23 bits per heavy atom. The Labute approximate surface area is 131 Å². The lowest BCUT2D eigenvalue weighted by atomic mass is 10.2. The van der Waals surface area contributed by atoms with E-state index in [1.807, 2.05) is 0 Å². The van der Waals surface area contributed by atoms with E-state index in [4.69, 9.17) is 4.74 Å². The van der Waals surface area contributed by atoms with Gasteiger partial charge in [-0.05, 0) is 33.1 Å². The molecule has 0 saturated carbocycles. The summed E-state index contributed by atoms with van der Waals surface area (Å²) in [5.41, 5.74) is 2.98. The van der Waals surface area contributed by atoms with Crippen molar-refractivity contribution in [1.82, 2.24) is 15.2 Å². The van der Waals surface area contributed by atoms with Crippen molar-refractivity contribution in [1.29, 1.82) is 0 Å². The zero-order chi connectivity index (χ0) is 15.7. The van der Waals surface area contributed by atoms with Crippen LogP contribution in [0.15, 0.2) is 0 Å². The highest BCUT2D eigenvalue weighted by molar-refractivity contribution is 7.17. The molecule has 3 rings (SSSR count). The number of carbonyl (C=O) groups excluding carboxylic acids is 2. The van der Waals surface area contributed by atoms with Crippen molar-refractivity contribution < 1.29 is 14.3 Å². The van der Waals surface area contributed by atoms with Crippen molar-refractivity contribution in [2.24, 2.45) is 0 Å². The monoisotopic (exact) mass is 320 g/mol. The zero-order valence-corrected chi connectivity index (χ0v) is 13.2. The Morgan fingerprint density at radius 3 is 3.00 bits per heavy atom. The van der Waals surface area contributed by atoms with Crippen molar-refractivity contribution in [2.75, 3.05) is 11.9 Å². The number of aryl methyl sites for hydroxylation is 2. The van der Waals surface area contributed by atoms with Crippen LogP contribution in [0.2, 0.25) is 0 Å². The number of thiazole rings is 1. The summed E-state index contributed by atoms with van der Waals surface area (Å²) in [4.78, 5) is 28.7. The number of fused-ring (bicyclic) bond motifs is 1. The molecule has 1 amide bonds. The molecule has 2 N–H and O–H groups in total. The number of aromatic nitrogens is 3. The third-order valence-electron chi connectivity index (χ3n) is 3.50. The van der Waals surface area contributed by atoms with Crippen molar-refractivity contribution >= 4 is 28.3 Å². The number of hydrogen-bond acceptors (Lipinski definition) is 6. The number of nitrogens with one attached hydrogen (secondary N) is 2. The maximum Gasteiger partial charge on any atom is 0.350 e.